The summed E-state index contributed by atoms with van der Waals surface area (Å²) in [5, 5.41) is 13.2. The molecule has 2 unspecified atom stereocenters. The molecule has 0 aliphatic carbocycles. The van der Waals surface area contributed by atoms with Crippen LogP contribution in [0, 0.1) is 6.92 Å². The number of nitrogens with one attached hydrogen (secondary N) is 4. The summed E-state index contributed by atoms with van der Waals surface area (Å²) >= 11 is 0. The molecular formula is C35H44F3N11O. The summed E-state index contributed by atoms with van der Waals surface area (Å²) in [6.45, 7) is 8.32. The Hall–Kier alpha value is -4.47. The number of hydrogen-bond donors (Lipinski definition) is 4. The zero-order chi connectivity index (χ0) is 35.1. The van der Waals surface area contributed by atoms with Crippen LogP contribution in [0.25, 0.3) is 0 Å². The van der Waals surface area contributed by atoms with Crippen molar-refractivity contribution in [3.8, 4) is 0 Å². The highest BCUT2D eigenvalue weighted by atomic mass is 19.4. The summed E-state index contributed by atoms with van der Waals surface area (Å²) in [6, 6.07) is 9.64. The van der Waals surface area contributed by atoms with Crippen molar-refractivity contribution in [3.63, 3.8) is 0 Å². The predicted octanol–water partition coefficient (Wildman–Crippen LogP) is 6.02. The summed E-state index contributed by atoms with van der Waals surface area (Å²) < 4.78 is 46.4. The van der Waals surface area contributed by atoms with Gasteiger partial charge in [0.05, 0.1) is 23.6 Å². The molecule has 2 atom stereocenters. The van der Waals surface area contributed by atoms with Gasteiger partial charge in [-0.1, -0.05) is 0 Å². The zero-order valence-corrected chi connectivity index (χ0v) is 28.6. The van der Waals surface area contributed by atoms with E-state index in [0.29, 0.717) is 42.4 Å². The Morgan fingerprint density at radius 3 is 2.24 bits per heavy atom. The van der Waals surface area contributed by atoms with Crippen LogP contribution in [-0.2, 0) is 10.9 Å². The van der Waals surface area contributed by atoms with Crippen molar-refractivity contribution in [1.82, 2.24) is 40.5 Å². The molecule has 50 heavy (non-hydrogen) atoms. The molecule has 0 saturated carbocycles. The molecule has 6 rings (SSSR count). The van der Waals surface area contributed by atoms with Gasteiger partial charge in [-0.15, -0.1) is 0 Å². The summed E-state index contributed by atoms with van der Waals surface area (Å²) in [7, 11) is 1.87. The third-order valence-corrected chi connectivity index (χ3v) is 8.98. The lowest BCUT2D eigenvalue weighted by molar-refractivity contribution is -0.137. The van der Waals surface area contributed by atoms with E-state index in [0.717, 1.165) is 87.1 Å². The lowest BCUT2D eigenvalue weighted by atomic mass is 9.94. The average molecular weight is 692 g/mol. The van der Waals surface area contributed by atoms with Crippen LogP contribution in [0.2, 0.25) is 0 Å². The Morgan fingerprint density at radius 2 is 1.54 bits per heavy atom. The maximum Gasteiger partial charge on any atom is 0.416 e. The second-order valence-electron chi connectivity index (χ2n) is 12.9. The van der Waals surface area contributed by atoms with E-state index in [1.807, 2.05) is 44.0 Å². The normalized spacial score (nSPS) is 17.7. The van der Waals surface area contributed by atoms with Crippen molar-refractivity contribution < 1.29 is 17.9 Å². The van der Waals surface area contributed by atoms with E-state index in [2.05, 4.69) is 36.2 Å². The van der Waals surface area contributed by atoms with Crippen LogP contribution in [0.1, 0.15) is 78.9 Å². The number of anilines is 5. The largest absolute Gasteiger partial charge is 0.416 e. The topological polar surface area (TPSA) is 138 Å². The van der Waals surface area contributed by atoms with Gasteiger partial charge in [0.15, 0.2) is 5.82 Å². The van der Waals surface area contributed by atoms with Crippen LogP contribution >= 0.6 is 0 Å². The molecule has 4 aromatic rings. The number of pyridine rings is 2. The predicted molar refractivity (Wildman–Crippen MR) is 186 cm³/mol. The second kappa shape index (κ2) is 16.0. The number of aromatic nitrogens is 6. The van der Waals surface area contributed by atoms with Gasteiger partial charge in [0.25, 0.3) is 0 Å². The Balaban J connectivity index is 1.17. The molecule has 4 N–H and O–H groups in total. The minimum Gasteiger partial charge on any atom is -0.369 e. The molecule has 2 saturated heterocycles. The first-order valence-electron chi connectivity index (χ1n) is 17.1. The lowest BCUT2D eigenvalue weighted by Crippen LogP contribution is -2.29. The van der Waals surface area contributed by atoms with E-state index in [-0.39, 0.29) is 17.7 Å². The summed E-state index contributed by atoms with van der Waals surface area (Å²) in [5.74, 6) is 3.29. The van der Waals surface area contributed by atoms with Crippen LogP contribution < -0.4 is 26.2 Å². The van der Waals surface area contributed by atoms with Gasteiger partial charge in [0.2, 0.25) is 5.95 Å². The third-order valence-electron chi connectivity index (χ3n) is 8.98. The van der Waals surface area contributed by atoms with E-state index in [1.54, 1.807) is 12.3 Å². The fourth-order valence-electron chi connectivity index (χ4n) is 6.14. The van der Waals surface area contributed by atoms with Crippen LogP contribution in [-0.4, -0.2) is 76.3 Å². The Morgan fingerprint density at radius 1 is 0.840 bits per heavy atom. The molecule has 6 heterocycles. The SMILES string of the molecule is Cc1ccnc(Nc2cc(C3CCCNC3)nc(C(C)OCCN(C)c3nc(Nc4cc(C(F)(F)F)ccn4)cc(C4CCNCC4)n3)n2)c1. The number of piperidine rings is 2. The Labute approximate surface area is 290 Å². The Bertz CT molecular complexity index is 1730. The van der Waals surface area contributed by atoms with E-state index in [4.69, 9.17) is 19.7 Å². The molecule has 2 fully saturated rings. The molecule has 2 aliphatic heterocycles. The zero-order valence-electron chi connectivity index (χ0n) is 28.6. The third kappa shape index (κ3) is 9.40. The highest BCUT2D eigenvalue weighted by molar-refractivity contribution is 5.56. The minimum absolute atomic E-state index is 0.0545. The molecule has 12 nitrogen and oxygen atoms in total. The maximum atomic E-state index is 13.4. The van der Waals surface area contributed by atoms with Crippen molar-refractivity contribution in [2.24, 2.45) is 0 Å². The quantitative estimate of drug-likeness (QED) is 0.138. The first-order valence-corrected chi connectivity index (χ1v) is 17.1. The van der Waals surface area contributed by atoms with Gasteiger partial charge in [0.1, 0.15) is 29.4 Å². The summed E-state index contributed by atoms with van der Waals surface area (Å²) in [6.07, 6.45) is 1.93. The van der Waals surface area contributed by atoms with Crippen LogP contribution in [0.5, 0.6) is 0 Å². The van der Waals surface area contributed by atoms with Crippen molar-refractivity contribution in [2.45, 2.75) is 63.6 Å². The fraction of sp³-hybridized carbons (Fsp3) is 0.486. The minimum atomic E-state index is -4.48. The molecule has 0 bridgehead atoms. The number of halogens is 3. The van der Waals surface area contributed by atoms with Gasteiger partial charge < -0.3 is 30.9 Å². The number of likely N-dealkylation sites (N-methyl/N-ethyl adjacent to an activating group) is 1. The molecule has 15 heteroatoms. The number of ether oxygens (including phenoxy) is 1. The molecule has 0 spiro atoms. The van der Waals surface area contributed by atoms with E-state index >= 15 is 0 Å². The van der Waals surface area contributed by atoms with E-state index in [1.165, 1.54) is 0 Å². The molecule has 0 radical (unpaired) electrons. The number of rotatable bonds is 12. The number of hydrogen-bond acceptors (Lipinski definition) is 12. The van der Waals surface area contributed by atoms with Gasteiger partial charge in [-0.05, 0) is 89.0 Å². The smallest absolute Gasteiger partial charge is 0.369 e. The number of aryl methyl sites for hydroxylation is 1. The monoisotopic (exact) mass is 691 g/mol. The lowest BCUT2D eigenvalue weighted by Gasteiger charge is -2.25. The molecule has 4 aromatic heterocycles. The van der Waals surface area contributed by atoms with Gasteiger partial charge in [-0.25, -0.2) is 24.9 Å². The van der Waals surface area contributed by atoms with Crippen molar-refractivity contribution in [3.05, 3.63) is 77.1 Å². The summed E-state index contributed by atoms with van der Waals surface area (Å²) in [4.78, 5) is 29.7. The molecule has 0 aromatic carbocycles. The van der Waals surface area contributed by atoms with Crippen LogP contribution in [0.4, 0.5) is 42.4 Å². The molecular weight excluding hydrogens is 647 g/mol. The van der Waals surface area contributed by atoms with Crippen molar-refractivity contribution in [2.75, 3.05) is 61.9 Å². The molecule has 2 aliphatic rings. The highest BCUT2D eigenvalue weighted by Gasteiger charge is 2.31. The Kier molecular flexibility index (Phi) is 11.3. The maximum absolute atomic E-state index is 13.4. The van der Waals surface area contributed by atoms with Gasteiger partial charge in [-0.3, -0.25) is 0 Å². The van der Waals surface area contributed by atoms with Crippen molar-refractivity contribution >= 4 is 29.2 Å². The van der Waals surface area contributed by atoms with E-state index in [9.17, 15) is 13.2 Å². The second-order valence-corrected chi connectivity index (χ2v) is 12.9. The highest BCUT2D eigenvalue weighted by Crippen LogP contribution is 2.32. The first-order chi connectivity index (χ1) is 24.1. The van der Waals surface area contributed by atoms with Gasteiger partial charge >= 0.3 is 6.18 Å². The van der Waals surface area contributed by atoms with Crippen LogP contribution in [0.15, 0.2) is 48.8 Å². The van der Waals surface area contributed by atoms with Gasteiger partial charge in [-0.2, -0.15) is 18.2 Å². The first kappa shape index (κ1) is 35.4. The average Bonchev–Trinajstić information content (AvgIpc) is 3.12. The standard InChI is InChI=1S/C35H44F3N11O/c1-22-6-13-41-29(17-22)45-31-20-28(25-5-4-10-40-21-25)43-33(47-31)23(2)50-16-15-49(3)34-44-27(24-7-11-39-12-8-24)19-32(48-34)46-30-18-26(9-14-42-30)35(36,37)38/h6,9,13-14,17-20,23-25,39-40H,4-5,7-8,10-12,15-16,21H2,1-3H3,(H,41,43,45,47)(H,42,44,46,48). The molecule has 0 amide bonds. The van der Waals surface area contributed by atoms with Crippen LogP contribution in [0.3, 0.4) is 0 Å². The number of alkyl halides is 3. The fourth-order valence-corrected chi connectivity index (χ4v) is 6.14. The summed E-state index contributed by atoms with van der Waals surface area (Å²) in [5.41, 5.74) is 2.10. The van der Waals surface area contributed by atoms with Gasteiger partial charge in [0, 0.05) is 56.5 Å². The van der Waals surface area contributed by atoms with Crippen molar-refractivity contribution in [1.29, 1.82) is 0 Å². The molecule has 266 valence electrons. The van der Waals surface area contributed by atoms with E-state index < -0.39 is 17.8 Å². The number of nitrogens with zero attached hydrogens (tertiary/aromatic N) is 7.